The first-order chi connectivity index (χ1) is 7.66. The van der Waals surface area contributed by atoms with Crippen LogP contribution in [-0.2, 0) is 0 Å². The van der Waals surface area contributed by atoms with E-state index in [2.05, 4.69) is 47.0 Å². The molecule has 88 valence electrons. The zero-order valence-corrected chi connectivity index (χ0v) is 11.8. The molecule has 1 saturated carbocycles. The molecule has 0 radical (unpaired) electrons. The summed E-state index contributed by atoms with van der Waals surface area (Å²) in [6.45, 7) is 3.42. The highest BCUT2D eigenvalue weighted by atomic mass is 127. The molecule has 1 aromatic carbocycles. The van der Waals surface area contributed by atoms with E-state index < -0.39 is 0 Å². The molecule has 1 aromatic rings. The van der Waals surface area contributed by atoms with Crippen LogP contribution in [0.25, 0.3) is 0 Å². The van der Waals surface area contributed by atoms with Gasteiger partial charge in [-0.15, -0.1) is 0 Å². The topological polar surface area (TPSA) is 38.0 Å². The van der Waals surface area contributed by atoms with Crippen molar-refractivity contribution in [2.45, 2.75) is 26.2 Å². The Morgan fingerprint density at radius 2 is 2.25 bits per heavy atom. The predicted octanol–water partition coefficient (Wildman–Crippen LogP) is 3.72. The van der Waals surface area contributed by atoms with Gasteiger partial charge in [0.05, 0.1) is 11.4 Å². The van der Waals surface area contributed by atoms with Crippen LogP contribution in [0.1, 0.15) is 26.2 Å². The average Bonchev–Trinajstić information content (AvgIpc) is 2.63. The maximum Gasteiger partial charge on any atom is 0.0574 e. The maximum absolute atomic E-state index is 5.97. The van der Waals surface area contributed by atoms with Gasteiger partial charge in [-0.2, -0.15) is 0 Å². The molecule has 0 saturated heterocycles. The highest BCUT2D eigenvalue weighted by molar-refractivity contribution is 14.1. The molecule has 1 aliphatic carbocycles. The second kappa shape index (κ2) is 5.25. The number of nitrogen functional groups attached to an aromatic ring is 1. The summed E-state index contributed by atoms with van der Waals surface area (Å²) in [5.41, 5.74) is 7.92. The van der Waals surface area contributed by atoms with Crippen molar-refractivity contribution in [2.24, 2.45) is 11.8 Å². The fraction of sp³-hybridized carbons (Fsp3) is 0.538. The normalized spacial score (nSPS) is 24.6. The lowest BCUT2D eigenvalue weighted by Gasteiger charge is -2.17. The van der Waals surface area contributed by atoms with Crippen LogP contribution < -0.4 is 11.1 Å². The molecule has 0 amide bonds. The number of hydrogen-bond donors (Lipinski definition) is 2. The number of hydrogen-bond acceptors (Lipinski definition) is 2. The molecule has 2 unspecified atom stereocenters. The Bertz CT molecular complexity index is 365. The first kappa shape index (κ1) is 12.0. The van der Waals surface area contributed by atoms with Gasteiger partial charge in [0.15, 0.2) is 0 Å². The van der Waals surface area contributed by atoms with Crippen molar-refractivity contribution in [1.82, 2.24) is 0 Å². The minimum Gasteiger partial charge on any atom is -0.397 e. The number of nitrogens with one attached hydrogen (secondary N) is 1. The number of benzene rings is 1. The van der Waals surface area contributed by atoms with Gasteiger partial charge in [-0.05, 0) is 59.0 Å². The van der Waals surface area contributed by atoms with E-state index in [4.69, 9.17) is 5.73 Å². The summed E-state index contributed by atoms with van der Waals surface area (Å²) in [6, 6.07) is 6.19. The lowest BCUT2D eigenvalue weighted by atomic mass is 9.98. The number of nitrogens with two attached hydrogens (primary N) is 1. The molecular weight excluding hydrogens is 311 g/mol. The van der Waals surface area contributed by atoms with E-state index in [1.807, 2.05) is 6.07 Å². The first-order valence-corrected chi connectivity index (χ1v) is 7.03. The van der Waals surface area contributed by atoms with Gasteiger partial charge in [0, 0.05) is 10.1 Å². The molecule has 3 N–H and O–H groups in total. The second-order valence-electron chi connectivity index (χ2n) is 4.78. The third-order valence-corrected chi connectivity index (χ3v) is 4.28. The van der Waals surface area contributed by atoms with Gasteiger partial charge in [-0.1, -0.05) is 19.8 Å². The van der Waals surface area contributed by atoms with Crippen molar-refractivity contribution in [3.05, 3.63) is 21.8 Å². The SMILES string of the molecule is CC1CCCC1CNc1ccc(I)cc1N. The Kier molecular flexibility index (Phi) is 3.95. The van der Waals surface area contributed by atoms with Crippen molar-refractivity contribution in [1.29, 1.82) is 0 Å². The second-order valence-corrected chi connectivity index (χ2v) is 6.03. The van der Waals surface area contributed by atoms with Gasteiger partial charge in [0.2, 0.25) is 0 Å². The Morgan fingerprint density at radius 1 is 1.44 bits per heavy atom. The molecule has 2 nitrogen and oxygen atoms in total. The third kappa shape index (κ3) is 2.81. The summed E-state index contributed by atoms with van der Waals surface area (Å²) in [5, 5.41) is 3.48. The molecule has 0 aromatic heterocycles. The van der Waals surface area contributed by atoms with E-state index in [-0.39, 0.29) is 0 Å². The van der Waals surface area contributed by atoms with E-state index in [9.17, 15) is 0 Å². The Labute approximate surface area is 111 Å². The molecule has 1 aliphatic rings. The van der Waals surface area contributed by atoms with Gasteiger partial charge in [0.25, 0.3) is 0 Å². The molecule has 2 atom stereocenters. The van der Waals surface area contributed by atoms with Crippen molar-refractivity contribution < 1.29 is 0 Å². The minimum absolute atomic E-state index is 0.818. The van der Waals surface area contributed by atoms with E-state index in [0.29, 0.717) is 0 Å². The zero-order chi connectivity index (χ0) is 11.5. The predicted molar refractivity (Wildman–Crippen MR) is 78.6 cm³/mol. The number of halogens is 1. The van der Waals surface area contributed by atoms with Crippen LogP contribution in [0.4, 0.5) is 11.4 Å². The molecular formula is C13H19IN2. The quantitative estimate of drug-likeness (QED) is 0.655. The highest BCUT2D eigenvalue weighted by Crippen LogP contribution is 2.31. The smallest absolute Gasteiger partial charge is 0.0574 e. The first-order valence-electron chi connectivity index (χ1n) is 5.95. The minimum atomic E-state index is 0.818. The fourth-order valence-electron chi connectivity index (χ4n) is 2.46. The van der Waals surface area contributed by atoms with E-state index in [1.165, 1.54) is 22.8 Å². The molecule has 0 aliphatic heterocycles. The van der Waals surface area contributed by atoms with Crippen molar-refractivity contribution >= 4 is 34.0 Å². The Balaban J connectivity index is 1.94. The summed E-state index contributed by atoms with van der Waals surface area (Å²) in [5.74, 6) is 1.68. The molecule has 3 heteroatoms. The van der Waals surface area contributed by atoms with Crippen LogP contribution in [0.5, 0.6) is 0 Å². The number of rotatable bonds is 3. The lowest BCUT2D eigenvalue weighted by molar-refractivity contribution is 0.440. The van der Waals surface area contributed by atoms with E-state index in [1.54, 1.807) is 0 Å². The summed E-state index contributed by atoms with van der Waals surface area (Å²) in [4.78, 5) is 0. The van der Waals surface area contributed by atoms with Gasteiger partial charge < -0.3 is 11.1 Å². The zero-order valence-electron chi connectivity index (χ0n) is 9.67. The highest BCUT2D eigenvalue weighted by Gasteiger charge is 2.22. The van der Waals surface area contributed by atoms with Gasteiger partial charge in [-0.25, -0.2) is 0 Å². The van der Waals surface area contributed by atoms with Crippen molar-refractivity contribution in [3.8, 4) is 0 Å². The standard InChI is InChI=1S/C13H19IN2/c1-9-3-2-4-10(9)8-16-13-6-5-11(14)7-12(13)15/h5-7,9-10,16H,2-4,8,15H2,1H3. The Morgan fingerprint density at radius 3 is 2.88 bits per heavy atom. The van der Waals surface area contributed by atoms with Gasteiger partial charge >= 0.3 is 0 Å². The van der Waals surface area contributed by atoms with Crippen molar-refractivity contribution in [2.75, 3.05) is 17.6 Å². The molecule has 0 spiro atoms. The van der Waals surface area contributed by atoms with Gasteiger partial charge in [-0.3, -0.25) is 0 Å². The molecule has 0 heterocycles. The molecule has 1 fully saturated rings. The van der Waals surface area contributed by atoms with E-state index in [0.717, 1.165) is 29.8 Å². The van der Waals surface area contributed by atoms with Crippen LogP contribution in [0, 0.1) is 15.4 Å². The van der Waals surface area contributed by atoms with Crippen LogP contribution in [0.3, 0.4) is 0 Å². The van der Waals surface area contributed by atoms with Crippen LogP contribution >= 0.6 is 22.6 Å². The average molecular weight is 330 g/mol. The summed E-state index contributed by atoms with van der Waals surface area (Å²) in [7, 11) is 0. The largest absolute Gasteiger partial charge is 0.397 e. The summed E-state index contributed by atoms with van der Waals surface area (Å²) in [6.07, 6.45) is 4.13. The molecule has 16 heavy (non-hydrogen) atoms. The molecule has 0 bridgehead atoms. The van der Waals surface area contributed by atoms with Crippen molar-refractivity contribution in [3.63, 3.8) is 0 Å². The van der Waals surface area contributed by atoms with Crippen LogP contribution in [-0.4, -0.2) is 6.54 Å². The molecule has 2 rings (SSSR count). The fourth-order valence-corrected chi connectivity index (χ4v) is 2.98. The monoisotopic (exact) mass is 330 g/mol. The van der Waals surface area contributed by atoms with Gasteiger partial charge in [0.1, 0.15) is 0 Å². The number of anilines is 2. The van der Waals surface area contributed by atoms with E-state index >= 15 is 0 Å². The Hall–Kier alpha value is -0.450. The summed E-state index contributed by atoms with van der Waals surface area (Å²) >= 11 is 2.28. The summed E-state index contributed by atoms with van der Waals surface area (Å²) < 4.78 is 1.19. The third-order valence-electron chi connectivity index (χ3n) is 3.61. The maximum atomic E-state index is 5.97. The lowest BCUT2D eigenvalue weighted by Crippen LogP contribution is -2.17. The van der Waals surface area contributed by atoms with Crippen LogP contribution in [0.2, 0.25) is 0 Å². The van der Waals surface area contributed by atoms with Crippen LogP contribution in [0.15, 0.2) is 18.2 Å².